The lowest BCUT2D eigenvalue weighted by Gasteiger charge is -2.07. The van der Waals surface area contributed by atoms with Crippen LogP contribution in [-0.2, 0) is 6.42 Å². The van der Waals surface area contributed by atoms with Crippen molar-refractivity contribution in [2.75, 3.05) is 7.11 Å². The molecule has 0 heterocycles. The van der Waals surface area contributed by atoms with E-state index in [9.17, 15) is 5.11 Å². The SMILES string of the molecule is COc1ccc(CC(O)CC#Cc2ccccc2)cc1. The van der Waals surface area contributed by atoms with Crippen molar-refractivity contribution in [3.63, 3.8) is 0 Å². The molecule has 0 bridgehead atoms. The van der Waals surface area contributed by atoms with Crippen molar-refractivity contribution < 1.29 is 9.84 Å². The lowest BCUT2D eigenvalue weighted by atomic mass is 10.1. The third-order valence-electron chi connectivity index (χ3n) is 2.97. The van der Waals surface area contributed by atoms with Crippen molar-refractivity contribution in [1.29, 1.82) is 0 Å². The molecule has 1 N–H and O–H groups in total. The fourth-order valence-corrected chi connectivity index (χ4v) is 1.90. The Hall–Kier alpha value is -2.24. The Morgan fingerprint density at radius 2 is 1.75 bits per heavy atom. The fraction of sp³-hybridized carbons (Fsp3) is 0.222. The monoisotopic (exact) mass is 266 g/mol. The summed E-state index contributed by atoms with van der Waals surface area (Å²) >= 11 is 0. The lowest BCUT2D eigenvalue weighted by Crippen LogP contribution is -2.09. The van der Waals surface area contributed by atoms with Crippen LogP contribution >= 0.6 is 0 Å². The van der Waals surface area contributed by atoms with Crippen LogP contribution in [0.3, 0.4) is 0 Å². The molecule has 1 atom stereocenters. The maximum absolute atomic E-state index is 9.97. The predicted octanol–water partition coefficient (Wildman–Crippen LogP) is 3.04. The van der Waals surface area contributed by atoms with Gasteiger partial charge < -0.3 is 9.84 Å². The second-order valence-corrected chi connectivity index (χ2v) is 4.58. The van der Waals surface area contributed by atoms with Crippen molar-refractivity contribution in [2.45, 2.75) is 18.9 Å². The summed E-state index contributed by atoms with van der Waals surface area (Å²) in [5, 5.41) is 9.97. The number of aliphatic hydroxyl groups excluding tert-OH is 1. The first-order valence-corrected chi connectivity index (χ1v) is 6.63. The first-order valence-electron chi connectivity index (χ1n) is 6.63. The smallest absolute Gasteiger partial charge is 0.118 e. The summed E-state index contributed by atoms with van der Waals surface area (Å²) in [7, 11) is 1.64. The highest BCUT2D eigenvalue weighted by molar-refractivity contribution is 5.33. The third-order valence-corrected chi connectivity index (χ3v) is 2.97. The molecule has 102 valence electrons. The summed E-state index contributed by atoms with van der Waals surface area (Å²) in [6.45, 7) is 0. The van der Waals surface area contributed by atoms with Gasteiger partial charge in [-0.05, 0) is 36.2 Å². The number of rotatable bonds is 4. The molecule has 0 radical (unpaired) electrons. The van der Waals surface area contributed by atoms with Crippen LogP contribution in [0.4, 0.5) is 0 Å². The highest BCUT2D eigenvalue weighted by Gasteiger charge is 2.04. The van der Waals surface area contributed by atoms with Crippen molar-refractivity contribution in [3.8, 4) is 17.6 Å². The summed E-state index contributed by atoms with van der Waals surface area (Å²) in [6.07, 6.45) is 0.633. The van der Waals surface area contributed by atoms with E-state index in [0.29, 0.717) is 12.8 Å². The molecule has 2 aromatic rings. The minimum Gasteiger partial charge on any atom is -0.497 e. The molecule has 1 unspecified atom stereocenters. The Labute approximate surface area is 120 Å². The Balaban J connectivity index is 1.86. The maximum atomic E-state index is 9.97. The fourth-order valence-electron chi connectivity index (χ4n) is 1.90. The van der Waals surface area contributed by atoms with Crippen molar-refractivity contribution in [1.82, 2.24) is 0 Å². The third kappa shape index (κ3) is 4.46. The normalized spacial score (nSPS) is 11.3. The van der Waals surface area contributed by atoms with Crippen LogP contribution in [0.5, 0.6) is 5.75 Å². The molecule has 0 aromatic heterocycles. The molecule has 0 aliphatic rings. The van der Waals surface area contributed by atoms with E-state index in [-0.39, 0.29) is 0 Å². The number of methoxy groups -OCH3 is 1. The largest absolute Gasteiger partial charge is 0.497 e. The molecule has 2 heteroatoms. The zero-order valence-electron chi connectivity index (χ0n) is 11.5. The van der Waals surface area contributed by atoms with Gasteiger partial charge in [0.15, 0.2) is 0 Å². The van der Waals surface area contributed by atoms with E-state index >= 15 is 0 Å². The molecule has 0 fully saturated rings. The van der Waals surface area contributed by atoms with Gasteiger partial charge in [-0.1, -0.05) is 42.2 Å². The standard InChI is InChI=1S/C18H18O2/c1-20-18-12-10-16(11-13-18)14-17(19)9-5-8-15-6-3-2-4-7-15/h2-4,6-7,10-13,17,19H,9,14H2,1H3. The summed E-state index contributed by atoms with van der Waals surface area (Å²) < 4.78 is 5.10. The van der Waals surface area contributed by atoms with Crippen molar-refractivity contribution in [3.05, 3.63) is 65.7 Å². The molecule has 2 rings (SSSR count). The minimum atomic E-state index is -0.445. The molecule has 0 amide bonds. The zero-order valence-corrected chi connectivity index (χ0v) is 11.5. The van der Waals surface area contributed by atoms with Crippen LogP contribution in [-0.4, -0.2) is 18.3 Å². The van der Waals surface area contributed by atoms with Gasteiger partial charge in [-0.25, -0.2) is 0 Å². The van der Waals surface area contributed by atoms with E-state index < -0.39 is 6.10 Å². The van der Waals surface area contributed by atoms with E-state index in [1.165, 1.54) is 0 Å². The second-order valence-electron chi connectivity index (χ2n) is 4.58. The average molecular weight is 266 g/mol. The van der Waals surface area contributed by atoms with Crippen LogP contribution in [0.25, 0.3) is 0 Å². The molecule has 2 nitrogen and oxygen atoms in total. The van der Waals surface area contributed by atoms with Crippen molar-refractivity contribution >= 4 is 0 Å². The number of benzene rings is 2. The van der Waals surface area contributed by atoms with Gasteiger partial charge in [-0.3, -0.25) is 0 Å². The molecule has 2 aromatic carbocycles. The first kappa shape index (κ1) is 14.2. The first-order chi connectivity index (χ1) is 9.78. The van der Waals surface area contributed by atoms with E-state index in [0.717, 1.165) is 16.9 Å². The Morgan fingerprint density at radius 3 is 2.40 bits per heavy atom. The van der Waals surface area contributed by atoms with Crippen LogP contribution in [0.2, 0.25) is 0 Å². The highest BCUT2D eigenvalue weighted by Crippen LogP contribution is 2.13. The summed E-state index contributed by atoms with van der Waals surface area (Å²) in [4.78, 5) is 0. The highest BCUT2D eigenvalue weighted by atomic mass is 16.5. The Kier molecular flexibility index (Phi) is 5.23. The number of ether oxygens (including phenoxy) is 1. The topological polar surface area (TPSA) is 29.5 Å². The van der Waals surface area contributed by atoms with E-state index in [4.69, 9.17) is 4.74 Å². The molecule has 0 saturated heterocycles. The molecule has 0 saturated carbocycles. The molecule has 0 aliphatic carbocycles. The van der Waals surface area contributed by atoms with Crippen LogP contribution < -0.4 is 4.74 Å². The summed E-state index contributed by atoms with van der Waals surface area (Å²) in [5.74, 6) is 6.90. The van der Waals surface area contributed by atoms with Gasteiger partial charge in [-0.2, -0.15) is 0 Å². The van der Waals surface area contributed by atoms with E-state index in [2.05, 4.69) is 11.8 Å². The van der Waals surface area contributed by atoms with Gasteiger partial charge in [0.05, 0.1) is 13.2 Å². The van der Waals surface area contributed by atoms with E-state index in [1.807, 2.05) is 54.6 Å². The molecule has 20 heavy (non-hydrogen) atoms. The summed E-state index contributed by atoms with van der Waals surface area (Å²) in [5.41, 5.74) is 2.06. The molecular weight excluding hydrogens is 248 g/mol. The average Bonchev–Trinajstić information content (AvgIpc) is 2.49. The molecule has 0 aliphatic heterocycles. The summed E-state index contributed by atoms with van der Waals surface area (Å²) in [6, 6.07) is 17.5. The Morgan fingerprint density at radius 1 is 1.05 bits per heavy atom. The van der Waals surface area contributed by atoms with E-state index in [1.54, 1.807) is 7.11 Å². The maximum Gasteiger partial charge on any atom is 0.118 e. The number of aliphatic hydroxyl groups is 1. The second kappa shape index (κ2) is 7.37. The Bertz CT molecular complexity index is 576. The minimum absolute atomic E-state index is 0.445. The number of hydrogen-bond donors (Lipinski definition) is 1. The van der Waals surface area contributed by atoms with Gasteiger partial charge >= 0.3 is 0 Å². The van der Waals surface area contributed by atoms with Gasteiger partial charge in [0.25, 0.3) is 0 Å². The van der Waals surface area contributed by atoms with Crippen molar-refractivity contribution in [2.24, 2.45) is 0 Å². The van der Waals surface area contributed by atoms with Gasteiger partial charge in [0.2, 0.25) is 0 Å². The van der Waals surface area contributed by atoms with Crippen LogP contribution in [0, 0.1) is 11.8 Å². The molecule has 0 spiro atoms. The van der Waals surface area contributed by atoms with Crippen LogP contribution in [0.1, 0.15) is 17.5 Å². The lowest BCUT2D eigenvalue weighted by molar-refractivity contribution is 0.180. The van der Waals surface area contributed by atoms with Crippen LogP contribution in [0.15, 0.2) is 54.6 Å². The van der Waals surface area contributed by atoms with Gasteiger partial charge in [0.1, 0.15) is 5.75 Å². The van der Waals surface area contributed by atoms with Gasteiger partial charge in [-0.15, -0.1) is 0 Å². The number of hydrogen-bond acceptors (Lipinski definition) is 2. The quantitative estimate of drug-likeness (QED) is 0.862. The van der Waals surface area contributed by atoms with Gasteiger partial charge in [0, 0.05) is 12.0 Å². The zero-order chi connectivity index (χ0) is 14.2. The predicted molar refractivity (Wildman–Crippen MR) is 80.6 cm³/mol. The molecular formula is C18H18O2.